The Hall–Kier alpha value is -2.00. The third kappa shape index (κ3) is 2.32. The normalized spacial score (nSPS) is 9.67. The van der Waals surface area contributed by atoms with Gasteiger partial charge >= 0.3 is 0 Å². The Morgan fingerprint density at radius 3 is 3.17 bits per heavy atom. The maximum Gasteiger partial charge on any atom is 0.242 e. The van der Waals surface area contributed by atoms with Gasteiger partial charge in [0.05, 0.1) is 6.26 Å². The zero-order chi connectivity index (χ0) is 8.81. The summed E-state index contributed by atoms with van der Waals surface area (Å²) in [6.45, 7) is 0. The fraction of sp³-hybridized carbons (Fsp3) is 0. The van der Waals surface area contributed by atoms with Gasteiger partial charge in [0.25, 0.3) is 0 Å². The van der Waals surface area contributed by atoms with Gasteiger partial charge in [0.2, 0.25) is 5.91 Å². The number of hydrogen-bond acceptors (Lipinski definition) is 2. The maximum absolute atomic E-state index is 10.6. The summed E-state index contributed by atoms with van der Waals surface area (Å²) in [5.41, 5.74) is 7.87. The molecule has 0 atom stereocenters. The highest BCUT2D eigenvalue weighted by Gasteiger charge is 1.90. The third-order valence-electron chi connectivity index (χ3n) is 1.08. The molecule has 0 saturated heterocycles. The number of amides is 1. The number of furan rings is 1. The second kappa shape index (κ2) is 4.00. The minimum atomic E-state index is -0.645. The molecule has 0 bridgehead atoms. The monoisotopic (exact) mass is 163 g/mol. The van der Waals surface area contributed by atoms with Crippen molar-refractivity contribution in [1.29, 1.82) is 0 Å². The molecule has 0 radical (unpaired) electrons. The summed E-state index contributed by atoms with van der Waals surface area (Å²) in [6.07, 6.45) is 4.05. The lowest BCUT2D eigenvalue weighted by atomic mass is 10.4. The first-order valence-corrected chi connectivity index (χ1v) is 3.13. The quantitative estimate of drug-likeness (QED) is 0.289. The Labute approximate surface area is 67.9 Å². The van der Waals surface area contributed by atoms with E-state index in [-0.39, 0.29) is 0 Å². The highest BCUT2D eigenvalue weighted by molar-refractivity contribution is 5.91. The molecule has 0 saturated carbocycles. The van der Waals surface area contributed by atoms with Gasteiger partial charge in [-0.15, -0.1) is 0 Å². The fourth-order valence-corrected chi connectivity index (χ4v) is 0.617. The van der Waals surface area contributed by atoms with Gasteiger partial charge in [-0.3, -0.25) is 4.79 Å². The molecule has 60 valence electrons. The molecule has 5 heteroatoms. The lowest BCUT2D eigenvalue weighted by molar-refractivity contribution is -0.113. The van der Waals surface area contributed by atoms with Crippen LogP contribution in [0.2, 0.25) is 0 Å². The second-order valence-electron chi connectivity index (χ2n) is 1.88. The highest BCUT2D eigenvalue weighted by Crippen LogP contribution is 2.01. The van der Waals surface area contributed by atoms with Gasteiger partial charge in [-0.1, -0.05) is 0 Å². The lowest BCUT2D eigenvalue weighted by Gasteiger charge is -1.80. The third-order valence-corrected chi connectivity index (χ3v) is 1.08. The van der Waals surface area contributed by atoms with Gasteiger partial charge in [-0.25, -0.2) is 0 Å². The number of hydrogen-bond donors (Lipinski definition) is 0. The van der Waals surface area contributed by atoms with E-state index in [2.05, 4.69) is 10.0 Å². The summed E-state index contributed by atoms with van der Waals surface area (Å²) >= 11 is 0. The minimum absolute atomic E-state index is 0.538. The fourth-order valence-electron chi connectivity index (χ4n) is 0.617. The van der Waals surface area contributed by atoms with Crippen LogP contribution in [-0.2, 0) is 4.79 Å². The molecule has 0 unspecified atom stereocenters. The molecule has 0 aliphatic rings. The predicted molar refractivity (Wildman–Crippen MR) is 41.9 cm³/mol. The molecule has 12 heavy (non-hydrogen) atoms. The SMILES string of the molecule is [N-]=[N+]=NC(=O)C=Cc1ccco1. The minimum Gasteiger partial charge on any atom is -0.465 e. The van der Waals surface area contributed by atoms with Gasteiger partial charge in [0.15, 0.2) is 0 Å². The Morgan fingerprint density at radius 2 is 2.58 bits per heavy atom. The van der Waals surface area contributed by atoms with Gasteiger partial charge in [0.1, 0.15) is 5.76 Å². The van der Waals surface area contributed by atoms with E-state index in [1.165, 1.54) is 12.3 Å². The Morgan fingerprint density at radius 1 is 1.75 bits per heavy atom. The van der Waals surface area contributed by atoms with Crippen molar-refractivity contribution in [3.63, 3.8) is 0 Å². The van der Waals surface area contributed by atoms with Crippen LogP contribution in [0.25, 0.3) is 16.5 Å². The number of rotatable bonds is 2. The van der Waals surface area contributed by atoms with Crippen LogP contribution in [0.15, 0.2) is 34.0 Å². The first kappa shape index (κ1) is 8.10. The van der Waals surface area contributed by atoms with Crippen molar-refractivity contribution in [2.45, 2.75) is 0 Å². The summed E-state index contributed by atoms with van der Waals surface area (Å²) in [7, 11) is 0. The van der Waals surface area contributed by atoms with E-state index < -0.39 is 5.91 Å². The molecular weight excluding hydrogens is 158 g/mol. The molecule has 0 fully saturated rings. The molecule has 5 nitrogen and oxygen atoms in total. The van der Waals surface area contributed by atoms with Crippen LogP contribution in [0, 0.1) is 0 Å². The van der Waals surface area contributed by atoms with E-state index in [4.69, 9.17) is 9.95 Å². The molecule has 1 rings (SSSR count). The molecule has 0 aromatic carbocycles. The number of carbonyl (C=O) groups is 1. The van der Waals surface area contributed by atoms with Crippen molar-refractivity contribution in [2.24, 2.45) is 5.11 Å². The Bertz CT molecular complexity index is 334. The lowest BCUT2D eigenvalue weighted by Crippen LogP contribution is -1.81. The van der Waals surface area contributed by atoms with E-state index in [1.807, 2.05) is 0 Å². The molecule has 0 spiro atoms. The predicted octanol–water partition coefficient (Wildman–Crippen LogP) is 2.13. The van der Waals surface area contributed by atoms with Gasteiger partial charge in [0, 0.05) is 4.91 Å². The van der Waals surface area contributed by atoms with Crippen molar-refractivity contribution in [1.82, 2.24) is 0 Å². The maximum atomic E-state index is 10.6. The first-order valence-electron chi connectivity index (χ1n) is 3.13. The first-order chi connectivity index (χ1) is 5.83. The molecule has 0 aliphatic heterocycles. The van der Waals surface area contributed by atoms with Gasteiger partial charge < -0.3 is 4.42 Å². The summed E-state index contributed by atoms with van der Waals surface area (Å²) in [4.78, 5) is 12.9. The van der Waals surface area contributed by atoms with Crippen molar-refractivity contribution in [2.75, 3.05) is 0 Å². The van der Waals surface area contributed by atoms with Crippen LogP contribution < -0.4 is 0 Å². The van der Waals surface area contributed by atoms with Crippen LogP contribution in [0.4, 0.5) is 0 Å². The summed E-state index contributed by atoms with van der Waals surface area (Å²) < 4.78 is 4.89. The molecule has 1 aromatic heterocycles. The van der Waals surface area contributed by atoms with Crippen molar-refractivity contribution in [3.8, 4) is 0 Å². The van der Waals surface area contributed by atoms with E-state index in [1.54, 1.807) is 12.1 Å². The molecular formula is C7H5N3O2. The largest absolute Gasteiger partial charge is 0.465 e. The molecule has 0 aliphatic carbocycles. The van der Waals surface area contributed by atoms with Crippen molar-refractivity contribution >= 4 is 12.0 Å². The van der Waals surface area contributed by atoms with E-state index >= 15 is 0 Å². The van der Waals surface area contributed by atoms with Crippen LogP contribution in [0.1, 0.15) is 5.76 Å². The van der Waals surface area contributed by atoms with E-state index in [9.17, 15) is 4.79 Å². The Kier molecular flexibility index (Phi) is 2.70. The van der Waals surface area contributed by atoms with Crippen molar-refractivity contribution in [3.05, 3.63) is 40.7 Å². The average molecular weight is 163 g/mol. The molecule has 0 N–H and O–H groups in total. The number of nitrogens with zero attached hydrogens (tertiary/aromatic N) is 3. The zero-order valence-corrected chi connectivity index (χ0v) is 6.04. The molecule has 1 amide bonds. The Balaban J connectivity index is 2.62. The summed E-state index contributed by atoms with van der Waals surface area (Å²) in [6, 6.07) is 3.37. The standard InChI is InChI=1S/C7H5N3O2/c8-10-9-7(11)4-3-6-2-1-5-12-6/h1-5H. The van der Waals surface area contributed by atoms with Crippen molar-refractivity contribution < 1.29 is 9.21 Å². The van der Waals surface area contributed by atoms with Gasteiger partial charge in [-0.2, -0.15) is 0 Å². The summed E-state index contributed by atoms with van der Waals surface area (Å²) in [5, 5.41) is 2.84. The topological polar surface area (TPSA) is 79.0 Å². The van der Waals surface area contributed by atoms with Crippen LogP contribution in [0.5, 0.6) is 0 Å². The zero-order valence-electron chi connectivity index (χ0n) is 6.04. The highest BCUT2D eigenvalue weighted by atomic mass is 16.3. The molecule has 1 aromatic rings. The average Bonchev–Trinajstić information content (AvgIpc) is 2.53. The number of carbonyl (C=O) groups excluding carboxylic acids is 1. The van der Waals surface area contributed by atoms with Crippen LogP contribution >= 0.6 is 0 Å². The smallest absolute Gasteiger partial charge is 0.242 e. The summed E-state index contributed by atoms with van der Waals surface area (Å²) in [5.74, 6) is -0.106. The van der Waals surface area contributed by atoms with Crippen LogP contribution in [-0.4, -0.2) is 5.91 Å². The molecule has 1 heterocycles. The number of azide groups is 1. The van der Waals surface area contributed by atoms with E-state index in [0.29, 0.717) is 5.76 Å². The van der Waals surface area contributed by atoms with Crippen LogP contribution in [0.3, 0.4) is 0 Å². The van der Waals surface area contributed by atoms with Gasteiger partial charge in [-0.05, 0) is 34.9 Å². The second-order valence-corrected chi connectivity index (χ2v) is 1.88. The van der Waals surface area contributed by atoms with E-state index in [0.717, 1.165) is 6.08 Å².